The van der Waals surface area contributed by atoms with E-state index in [2.05, 4.69) is 41.9 Å². The van der Waals surface area contributed by atoms with Gasteiger partial charge in [-0.05, 0) is 74.2 Å². The highest BCUT2D eigenvalue weighted by molar-refractivity contribution is 5.42. The van der Waals surface area contributed by atoms with Crippen LogP contribution in [0.3, 0.4) is 0 Å². The van der Waals surface area contributed by atoms with Crippen LogP contribution in [0.5, 0.6) is 5.75 Å². The molecule has 0 aliphatic carbocycles. The average Bonchev–Trinajstić information content (AvgIpc) is 3.10. The monoisotopic (exact) mass is 448 g/mol. The minimum absolute atomic E-state index is 0.0963. The van der Waals surface area contributed by atoms with Gasteiger partial charge in [0.15, 0.2) is 0 Å². The third-order valence-electron chi connectivity index (χ3n) is 6.75. The van der Waals surface area contributed by atoms with E-state index in [1.165, 1.54) is 29.3 Å². The molecule has 1 unspecified atom stereocenters. The number of nitrogens with zero attached hydrogens (tertiary/aromatic N) is 2. The number of hydrogen-bond acceptors (Lipinski definition) is 3. The third kappa shape index (κ3) is 4.93. The van der Waals surface area contributed by atoms with E-state index < -0.39 is 11.6 Å². The Morgan fingerprint density at radius 1 is 1.06 bits per heavy atom. The van der Waals surface area contributed by atoms with Gasteiger partial charge < -0.3 is 4.74 Å². The SMILES string of the molecule is CC1(C)Cc2cc(CN3CCCC(c4ccc(Cc5c(F)cccc5F)cn4)C3)ccc2O1. The summed E-state index contributed by atoms with van der Waals surface area (Å²) >= 11 is 0. The molecular formula is C28H30F2N2O. The van der Waals surface area contributed by atoms with Crippen molar-refractivity contribution < 1.29 is 13.5 Å². The maximum atomic E-state index is 14.0. The molecule has 3 nitrogen and oxygen atoms in total. The first-order valence-corrected chi connectivity index (χ1v) is 11.8. The fourth-order valence-corrected chi connectivity index (χ4v) is 5.15. The predicted octanol–water partition coefficient (Wildman–Crippen LogP) is 6.04. The van der Waals surface area contributed by atoms with Gasteiger partial charge in [0.05, 0.1) is 0 Å². The lowest BCUT2D eigenvalue weighted by molar-refractivity contribution is 0.138. The molecule has 5 heteroatoms. The number of hydrogen-bond donors (Lipinski definition) is 0. The molecule has 0 saturated carbocycles. The summed E-state index contributed by atoms with van der Waals surface area (Å²) in [6.07, 6.45) is 5.17. The van der Waals surface area contributed by atoms with Gasteiger partial charge in [-0.25, -0.2) is 8.78 Å². The van der Waals surface area contributed by atoms with Crippen LogP contribution in [0.25, 0.3) is 0 Å². The van der Waals surface area contributed by atoms with Crippen molar-refractivity contribution >= 4 is 0 Å². The molecular weight excluding hydrogens is 418 g/mol. The molecule has 1 aromatic heterocycles. The van der Waals surface area contributed by atoms with E-state index in [9.17, 15) is 8.78 Å². The quantitative estimate of drug-likeness (QED) is 0.476. The van der Waals surface area contributed by atoms with E-state index in [-0.39, 0.29) is 17.6 Å². The van der Waals surface area contributed by atoms with Crippen molar-refractivity contribution in [2.24, 2.45) is 0 Å². The lowest BCUT2D eigenvalue weighted by Gasteiger charge is -2.32. The maximum Gasteiger partial charge on any atom is 0.129 e. The summed E-state index contributed by atoms with van der Waals surface area (Å²) in [5.41, 5.74) is 4.48. The van der Waals surface area contributed by atoms with E-state index in [4.69, 9.17) is 4.74 Å². The molecule has 172 valence electrons. The van der Waals surface area contributed by atoms with Crippen molar-refractivity contribution in [1.29, 1.82) is 0 Å². The second-order valence-electron chi connectivity index (χ2n) is 10.0. The molecule has 0 radical (unpaired) electrons. The summed E-state index contributed by atoms with van der Waals surface area (Å²) in [6, 6.07) is 14.5. The van der Waals surface area contributed by atoms with E-state index in [1.807, 2.05) is 12.1 Å². The first-order chi connectivity index (χ1) is 15.9. The normalized spacial score (nSPS) is 19.8. The van der Waals surface area contributed by atoms with Gasteiger partial charge in [-0.3, -0.25) is 9.88 Å². The Hall–Kier alpha value is -2.79. The summed E-state index contributed by atoms with van der Waals surface area (Å²) in [5.74, 6) is 0.363. The lowest BCUT2D eigenvalue weighted by atomic mass is 9.93. The van der Waals surface area contributed by atoms with Crippen LogP contribution in [0.15, 0.2) is 54.7 Å². The minimum Gasteiger partial charge on any atom is -0.487 e. The van der Waals surface area contributed by atoms with Crippen molar-refractivity contribution in [3.63, 3.8) is 0 Å². The molecule has 2 aliphatic heterocycles. The van der Waals surface area contributed by atoms with E-state index in [0.29, 0.717) is 5.92 Å². The maximum absolute atomic E-state index is 14.0. The van der Waals surface area contributed by atoms with Gasteiger partial charge in [0, 0.05) is 49.3 Å². The summed E-state index contributed by atoms with van der Waals surface area (Å²) in [4.78, 5) is 7.18. The molecule has 0 amide bonds. The van der Waals surface area contributed by atoms with Gasteiger partial charge >= 0.3 is 0 Å². The molecule has 1 fully saturated rings. The first-order valence-electron chi connectivity index (χ1n) is 11.8. The zero-order valence-electron chi connectivity index (χ0n) is 19.3. The number of rotatable bonds is 5. The van der Waals surface area contributed by atoms with Gasteiger partial charge in [-0.1, -0.05) is 24.3 Å². The lowest BCUT2D eigenvalue weighted by Crippen LogP contribution is -2.34. The number of benzene rings is 2. The standard InChI is InChI=1S/C28H30F2N2O/c1-28(2)15-22-13-20(9-11-27(22)33-28)17-32-12-4-5-21(18-32)26-10-8-19(16-31-26)14-23-24(29)6-3-7-25(23)30/h3,6-11,13,16,21H,4-5,12,14-15,17-18H2,1-2H3. The number of fused-ring (bicyclic) bond motifs is 1. The number of aromatic nitrogens is 1. The number of pyridine rings is 1. The van der Waals surface area contributed by atoms with Gasteiger partial charge in [0.1, 0.15) is 23.0 Å². The Morgan fingerprint density at radius 2 is 1.85 bits per heavy atom. The zero-order valence-corrected chi connectivity index (χ0v) is 19.3. The average molecular weight is 449 g/mol. The molecule has 2 aliphatic rings. The predicted molar refractivity (Wildman–Crippen MR) is 126 cm³/mol. The zero-order chi connectivity index (χ0) is 23.0. The van der Waals surface area contributed by atoms with Gasteiger partial charge in [-0.2, -0.15) is 0 Å². The van der Waals surface area contributed by atoms with Crippen LogP contribution in [0.4, 0.5) is 8.78 Å². The van der Waals surface area contributed by atoms with Crippen molar-refractivity contribution in [2.75, 3.05) is 13.1 Å². The largest absolute Gasteiger partial charge is 0.487 e. The van der Waals surface area contributed by atoms with Crippen LogP contribution >= 0.6 is 0 Å². The Labute approximate surface area is 194 Å². The summed E-state index contributed by atoms with van der Waals surface area (Å²) in [6.45, 7) is 7.24. The molecule has 3 heterocycles. The molecule has 33 heavy (non-hydrogen) atoms. The second-order valence-corrected chi connectivity index (χ2v) is 10.0. The molecule has 0 bridgehead atoms. The molecule has 2 aromatic carbocycles. The number of ether oxygens (including phenoxy) is 1. The van der Waals surface area contributed by atoms with E-state index >= 15 is 0 Å². The van der Waals surface area contributed by atoms with E-state index in [1.54, 1.807) is 6.20 Å². The highest BCUT2D eigenvalue weighted by Gasteiger charge is 2.30. The third-order valence-corrected chi connectivity index (χ3v) is 6.75. The smallest absolute Gasteiger partial charge is 0.129 e. The van der Waals surface area contributed by atoms with Crippen LogP contribution in [-0.2, 0) is 19.4 Å². The van der Waals surface area contributed by atoms with Gasteiger partial charge in [0.2, 0.25) is 0 Å². The molecule has 1 saturated heterocycles. The van der Waals surface area contributed by atoms with Crippen LogP contribution in [0.1, 0.15) is 60.6 Å². The van der Waals surface area contributed by atoms with Crippen molar-refractivity contribution in [3.05, 3.63) is 94.3 Å². The van der Waals surface area contributed by atoms with Gasteiger partial charge in [-0.15, -0.1) is 0 Å². The number of piperidine rings is 1. The highest BCUT2D eigenvalue weighted by Crippen LogP contribution is 2.36. The molecule has 3 aromatic rings. The van der Waals surface area contributed by atoms with Gasteiger partial charge in [0.25, 0.3) is 0 Å². The Balaban J connectivity index is 1.23. The highest BCUT2D eigenvalue weighted by atomic mass is 19.1. The Bertz CT molecular complexity index is 1120. The first kappa shape index (κ1) is 22.0. The van der Waals surface area contributed by atoms with Crippen LogP contribution in [0, 0.1) is 11.6 Å². The minimum atomic E-state index is -0.510. The Kier molecular flexibility index (Phi) is 5.92. The number of halogens is 2. The summed E-state index contributed by atoms with van der Waals surface area (Å²) in [5, 5.41) is 0. The Morgan fingerprint density at radius 3 is 2.61 bits per heavy atom. The second kappa shape index (κ2) is 8.86. The van der Waals surface area contributed by atoms with Crippen molar-refractivity contribution in [2.45, 2.75) is 57.6 Å². The van der Waals surface area contributed by atoms with Crippen LogP contribution < -0.4 is 4.74 Å². The number of likely N-dealkylation sites (tertiary alicyclic amines) is 1. The summed E-state index contributed by atoms with van der Waals surface area (Å²) in [7, 11) is 0. The molecule has 0 N–H and O–H groups in total. The van der Waals surface area contributed by atoms with Crippen molar-refractivity contribution in [3.8, 4) is 5.75 Å². The van der Waals surface area contributed by atoms with Crippen LogP contribution in [-0.4, -0.2) is 28.6 Å². The van der Waals surface area contributed by atoms with E-state index in [0.717, 1.165) is 55.9 Å². The fourth-order valence-electron chi connectivity index (χ4n) is 5.15. The van der Waals surface area contributed by atoms with Crippen LogP contribution in [0.2, 0.25) is 0 Å². The topological polar surface area (TPSA) is 25.4 Å². The molecule has 5 rings (SSSR count). The fraction of sp³-hybridized carbons (Fsp3) is 0.393. The molecule has 1 atom stereocenters. The molecule has 0 spiro atoms. The summed E-state index contributed by atoms with van der Waals surface area (Å²) < 4.78 is 33.9. The van der Waals surface area contributed by atoms with Crippen molar-refractivity contribution in [1.82, 2.24) is 9.88 Å².